The van der Waals surface area contributed by atoms with Crippen LogP contribution in [0.25, 0.3) is 0 Å². The van der Waals surface area contributed by atoms with E-state index >= 15 is 0 Å². The second-order valence-electron chi connectivity index (χ2n) is 3.24. The largest absolute Gasteiger partial charge is 0.396 e. The Morgan fingerprint density at radius 1 is 1.55 bits per heavy atom. The van der Waals surface area contributed by atoms with E-state index in [1.807, 2.05) is 0 Å². The molecule has 0 unspecified atom stereocenters. The van der Waals surface area contributed by atoms with Crippen LogP contribution in [-0.4, -0.2) is 24.8 Å². The Labute approximate surface area is 67.0 Å². The summed E-state index contributed by atoms with van der Waals surface area (Å²) in [5.74, 6) is 0. The standard InChI is InChI=1S/C8H14N2O/c9-4-1-5-10-6-8(7-11)2-3-8/h10-11H,1-3,5-7H2. The van der Waals surface area contributed by atoms with Crippen LogP contribution >= 0.6 is 0 Å². The van der Waals surface area contributed by atoms with Crippen LogP contribution < -0.4 is 5.32 Å². The van der Waals surface area contributed by atoms with Crippen molar-refractivity contribution in [3.8, 4) is 6.07 Å². The lowest BCUT2D eigenvalue weighted by atomic mass is 10.1. The summed E-state index contributed by atoms with van der Waals surface area (Å²) in [5, 5.41) is 20.3. The van der Waals surface area contributed by atoms with Crippen LogP contribution in [0.4, 0.5) is 0 Å². The van der Waals surface area contributed by atoms with Gasteiger partial charge in [-0.15, -0.1) is 0 Å². The number of rotatable bonds is 5. The van der Waals surface area contributed by atoms with Crippen molar-refractivity contribution >= 4 is 0 Å². The highest BCUT2D eigenvalue weighted by Crippen LogP contribution is 2.44. The molecule has 0 saturated heterocycles. The Kier molecular flexibility index (Phi) is 2.86. The van der Waals surface area contributed by atoms with Gasteiger partial charge in [-0.1, -0.05) is 0 Å². The molecule has 0 aromatic rings. The van der Waals surface area contributed by atoms with Gasteiger partial charge in [-0.25, -0.2) is 0 Å². The second-order valence-corrected chi connectivity index (χ2v) is 3.24. The summed E-state index contributed by atoms with van der Waals surface area (Å²) in [6.07, 6.45) is 2.81. The number of nitrogens with one attached hydrogen (secondary N) is 1. The molecule has 0 aromatic carbocycles. The maximum atomic E-state index is 8.91. The molecule has 2 N–H and O–H groups in total. The highest BCUT2D eigenvalue weighted by molar-refractivity contribution is 4.94. The van der Waals surface area contributed by atoms with E-state index in [1.165, 1.54) is 0 Å². The molecule has 0 atom stereocenters. The monoisotopic (exact) mass is 154 g/mol. The summed E-state index contributed by atoms with van der Waals surface area (Å²) in [5.41, 5.74) is 0.176. The third kappa shape index (κ3) is 2.49. The van der Waals surface area contributed by atoms with Crippen molar-refractivity contribution in [1.82, 2.24) is 5.32 Å². The second kappa shape index (κ2) is 3.70. The van der Waals surface area contributed by atoms with Crippen LogP contribution in [0.5, 0.6) is 0 Å². The lowest BCUT2D eigenvalue weighted by Crippen LogP contribution is -2.27. The fourth-order valence-corrected chi connectivity index (χ4v) is 1.07. The van der Waals surface area contributed by atoms with Crippen molar-refractivity contribution in [3.63, 3.8) is 0 Å². The molecule has 62 valence electrons. The van der Waals surface area contributed by atoms with Crippen molar-refractivity contribution in [3.05, 3.63) is 0 Å². The Morgan fingerprint density at radius 2 is 2.27 bits per heavy atom. The van der Waals surface area contributed by atoms with Crippen molar-refractivity contribution in [2.75, 3.05) is 19.7 Å². The molecular weight excluding hydrogens is 140 g/mol. The number of aliphatic hydroxyl groups is 1. The molecule has 0 aliphatic heterocycles. The van der Waals surface area contributed by atoms with Gasteiger partial charge in [-0.05, 0) is 12.8 Å². The summed E-state index contributed by atoms with van der Waals surface area (Å²) in [6.45, 7) is 1.90. The van der Waals surface area contributed by atoms with E-state index in [1.54, 1.807) is 0 Å². The Bertz CT molecular complexity index is 158. The van der Waals surface area contributed by atoms with Gasteiger partial charge in [0.15, 0.2) is 0 Å². The molecule has 0 spiro atoms. The Hall–Kier alpha value is -0.590. The first kappa shape index (κ1) is 8.51. The molecule has 0 radical (unpaired) electrons. The molecule has 11 heavy (non-hydrogen) atoms. The van der Waals surface area contributed by atoms with Crippen LogP contribution in [0.2, 0.25) is 0 Å². The number of nitrogens with zero attached hydrogens (tertiary/aromatic N) is 1. The van der Waals surface area contributed by atoms with Gasteiger partial charge in [0.2, 0.25) is 0 Å². The maximum absolute atomic E-state index is 8.91. The predicted molar refractivity (Wildman–Crippen MR) is 41.9 cm³/mol. The number of hydrogen-bond donors (Lipinski definition) is 2. The van der Waals surface area contributed by atoms with E-state index in [9.17, 15) is 0 Å². The zero-order chi connectivity index (χ0) is 8.16. The maximum Gasteiger partial charge on any atom is 0.0635 e. The van der Waals surface area contributed by atoms with Crippen LogP contribution in [0.3, 0.4) is 0 Å². The van der Waals surface area contributed by atoms with Gasteiger partial charge in [0.25, 0.3) is 0 Å². The molecule has 0 bridgehead atoms. The van der Waals surface area contributed by atoms with E-state index in [2.05, 4.69) is 11.4 Å². The average molecular weight is 154 g/mol. The van der Waals surface area contributed by atoms with Gasteiger partial charge in [0.1, 0.15) is 0 Å². The van der Waals surface area contributed by atoms with E-state index in [4.69, 9.17) is 10.4 Å². The lowest BCUT2D eigenvalue weighted by molar-refractivity contribution is 0.208. The minimum Gasteiger partial charge on any atom is -0.396 e. The first-order valence-corrected chi connectivity index (χ1v) is 4.01. The molecule has 1 aliphatic carbocycles. The van der Waals surface area contributed by atoms with E-state index in [0.29, 0.717) is 6.42 Å². The summed E-state index contributed by atoms with van der Waals surface area (Å²) < 4.78 is 0. The van der Waals surface area contributed by atoms with E-state index < -0.39 is 0 Å². The number of nitriles is 1. The zero-order valence-corrected chi connectivity index (χ0v) is 6.64. The molecule has 1 rings (SSSR count). The Morgan fingerprint density at radius 3 is 2.73 bits per heavy atom. The van der Waals surface area contributed by atoms with Gasteiger partial charge in [-0.3, -0.25) is 0 Å². The Balaban J connectivity index is 2.00. The molecule has 1 saturated carbocycles. The topological polar surface area (TPSA) is 56.0 Å². The predicted octanol–water partition coefficient (Wildman–Crippen LogP) is 0.262. The van der Waals surface area contributed by atoms with Crippen LogP contribution in [0, 0.1) is 16.7 Å². The summed E-state index contributed by atoms with van der Waals surface area (Å²) in [6, 6.07) is 2.07. The molecule has 0 amide bonds. The summed E-state index contributed by atoms with van der Waals surface area (Å²) in [4.78, 5) is 0. The smallest absolute Gasteiger partial charge is 0.0635 e. The third-order valence-electron chi connectivity index (χ3n) is 2.21. The highest BCUT2D eigenvalue weighted by Gasteiger charge is 2.41. The van der Waals surface area contributed by atoms with E-state index in [0.717, 1.165) is 25.9 Å². The first-order chi connectivity index (χ1) is 5.33. The zero-order valence-electron chi connectivity index (χ0n) is 6.64. The number of hydrogen-bond acceptors (Lipinski definition) is 3. The molecule has 0 heterocycles. The third-order valence-corrected chi connectivity index (χ3v) is 2.21. The lowest BCUT2D eigenvalue weighted by Gasteiger charge is -2.10. The number of aliphatic hydroxyl groups excluding tert-OH is 1. The van der Waals surface area contributed by atoms with Gasteiger partial charge < -0.3 is 10.4 Å². The van der Waals surface area contributed by atoms with Gasteiger partial charge in [0, 0.05) is 31.5 Å². The van der Waals surface area contributed by atoms with Gasteiger partial charge in [0.05, 0.1) is 6.07 Å². The molecule has 0 aromatic heterocycles. The van der Waals surface area contributed by atoms with Crippen LogP contribution in [0.15, 0.2) is 0 Å². The van der Waals surface area contributed by atoms with Crippen molar-refractivity contribution in [1.29, 1.82) is 5.26 Å². The SMILES string of the molecule is N#CCCNCC1(CO)CC1. The minimum atomic E-state index is 0.176. The molecule has 1 aliphatic rings. The fraction of sp³-hybridized carbons (Fsp3) is 0.875. The molecular formula is C8H14N2O. The summed E-state index contributed by atoms with van der Waals surface area (Å²) >= 11 is 0. The molecule has 1 fully saturated rings. The van der Waals surface area contributed by atoms with Gasteiger partial charge in [-0.2, -0.15) is 5.26 Å². The van der Waals surface area contributed by atoms with Crippen molar-refractivity contribution in [2.24, 2.45) is 5.41 Å². The van der Waals surface area contributed by atoms with Crippen LogP contribution in [-0.2, 0) is 0 Å². The molecule has 3 nitrogen and oxygen atoms in total. The highest BCUT2D eigenvalue weighted by atomic mass is 16.3. The van der Waals surface area contributed by atoms with Crippen molar-refractivity contribution < 1.29 is 5.11 Å². The normalized spacial score (nSPS) is 19.3. The fourth-order valence-electron chi connectivity index (χ4n) is 1.07. The summed E-state index contributed by atoms with van der Waals surface area (Å²) in [7, 11) is 0. The average Bonchev–Trinajstić information content (AvgIpc) is 2.80. The van der Waals surface area contributed by atoms with E-state index in [-0.39, 0.29) is 12.0 Å². The molecule has 3 heteroatoms. The quantitative estimate of drug-likeness (QED) is 0.558. The van der Waals surface area contributed by atoms with Crippen molar-refractivity contribution in [2.45, 2.75) is 19.3 Å². The minimum absolute atomic E-state index is 0.176. The van der Waals surface area contributed by atoms with Crippen LogP contribution in [0.1, 0.15) is 19.3 Å². The van der Waals surface area contributed by atoms with Gasteiger partial charge >= 0.3 is 0 Å². The first-order valence-electron chi connectivity index (χ1n) is 4.01.